The monoisotopic (exact) mass is 153 g/mol. The van der Waals surface area contributed by atoms with Gasteiger partial charge in [0.1, 0.15) is 0 Å². The molecule has 0 aliphatic heterocycles. The number of hydrogen-bond donors (Lipinski definition) is 1. The lowest BCUT2D eigenvalue weighted by Crippen LogP contribution is -2.37. The summed E-state index contributed by atoms with van der Waals surface area (Å²) in [5.41, 5.74) is 0. The predicted molar refractivity (Wildman–Crippen MR) is 49.6 cm³/mol. The van der Waals surface area contributed by atoms with Gasteiger partial charge in [-0.05, 0) is 18.8 Å². The molecule has 1 N–H and O–H groups in total. The SMILES string of the molecule is C=CCN[C@H]1CCCC[C@H]1C. The Morgan fingerprint density at radius 3 is 2.82 bits per heavy atom. The highest BCUT2D eigenvalue weighted by Gasteiger charge is 2.19. The Morgan fingerprint density at radius 1 is 1.45 bits per heavy atom. The standard InChI is InChI=1S/C10H19N/c1-3-8-11-10-7-5-4-6-9(10)2/h3,9-11H,1,4-8H2,2H3/t9-,10+/m1/s1. The van der Waals surface area contributed by atoms with Crippen molar-refractivity contribution in [3.8, 4) is 0 Å². The van der Waals surface area contributed by atoms with Crippen molar-refractivity contribution in [3.63, 3.8) is 0 Å². The van der Waals surface area contributed by atoms with Gasteiger partial charge in [0.15, 0.2) is 0 Å². The summed E-state index contributed by atoms with van der Waals surface area (Å²) in [6.45, 7) is 7.02. The van der Waals surface area contributed by atoms with E-state index in [2.05, 4.69) is 18.8 Å². The molecule has 1 saturated carbocycles. The van der Waals surface area contributed by atoms with Crippen LogP contribution in [0.15, 0.2) is 12.7 Å². The van der Waals surface area contributed by atoms with Crippen LogP contribution >= 0.6 is 0 Å². The molecule has 0 amide bonds. The van der Waals surface area contributed by atoms with Crippen LogP contribution in [-0.2, 0) is 0 Å². The van der Waals surface area contributed by atoms with E-state index in [1.165, 1.54) is 25.7 Å². The molecule has 1 aliphatic carbocycles. The third-order valence-electron chi connectivity index (χ3n) is 2.64. The molecule has 1 aliphatic rings. The minimum atomic E-state index is 0.752. The molecule has 1 fully saturated rings. The molecular weight excluding hydrogens is 134 g/mol. The van der Waals surface area contributed by atoms with Gasteiger partial charge < -0.3 is 5.32 Å². The van der Waals surface area contributed by atoms with Gasteiger partial charge in [0, 0.05) is 12.6 Å². The third kappa shape index (κ3) is 2.66. The summed E-state index contributed by atoms with van der Waals surface area (Å²) >= 11 is 0. The first-order valence-electron chi connectivity index (χ1n) is 4.69. The highest BCUT2D eigenvalue weighted by atomic mass is 14.9. The third-order valence-corrected chi connectivity index (χ3v) is 2.64. The molecule has 2 atom stereocenters. The lowest BCUT2D eigenvalue weighted by atomic mass is 9.86. The van der Waals surface area contributed by atoms with Crippen LogP contribution in [0, 0.1) is 5.92 Å². The average Bonchev–Trinajstić information content (AvgIpc) is 2.03. The summed E-state index contributed by atoms with van der Waals surface area (Å²) in [5.74, 6) is 0.865. The molecule has 64 valence electrons. The van der Waals surface area contributed by atoms with Crippen molar-refractivity contribution < 1.29 is 0 Å². The zero-order valence-electron chi connectivity index (χ0n) is 7.47. The van der Waals surface area contributed by atoms with E-state index in [9.17, 15) is 0 Å². The maximum absolute atomic E-state index is 3.71. The van der Waals surface area contributed by atoms with Crippen molar-refractivity contribution in [3.05, 3.63) is 12.7 Å². The van der Waals surface area contributed by atoms with Crippen molar-refractivity contribution in [1.29, 1.82) is 0 Å². The van der Waals surface area contributed by atoms with E-state index >= 15 is 0 Å². The molecule has 1 nitrogen and oxygen atoms in total. The minimum absolute atomic E-state index is 0.752. The first-order valence-corrected chi connectivity index (χ1v) is 4.69. The molecule has 11 heavy (non-hydrogen) atoms. The maximum atomic E-state index is 3.71. The van der Waals surface area contributed by atoms with E-state index in [1.807, 2.05) is 6.08 Å². The van der Waals surface area contributed by atoms with Gasteiger partial charge in [0.05, 0.1) is 0 Å². The highest BCUT2D eigenvalue weighted by Crippen LogP contribution is 2.23. The molecule has 0 spiro atoms. The minimum Gasteiger partial charge on any atom is -0.310 e. The number of rotatable bonds is 3. The van der Waals surface area contributed by atoms with Gasteiger partial charge in [0.2, 0.25) is 0 Å². The summed E-state index contributed by atoms with van der Waals surface area (Å²) in [4.78, 5) is 0. The first kappa shape index (κ1) is 8.79. The normalized spacial score (nSPS) is 31.7. The molecule has 0 bridgehead atoms. The summed E-state index contributed by atoms with van der Waals surface area (Å²) in [7, 11) is 0. The van der Waals surface area contributed by atoms with Crippen LogP contribution in [0.4, 0.5) is 0 Å². The van der Waals surface area contributed by atoms with Gasteiger partial charge in [-0.15, -0.1) is 6.58 Å². The highest BCUT2D eigenvalue weighted by molar-refractivity contribution is 4.81. The van der Waals surface area contributed by atoms with E-state index in [0.29, 0.717) is 0 Å². The smallest absolute Gasteiger partial charge is 0.0134 e. The first-order chi connectivity index (χ1) is 5.34. The van der Waals surface area contributed by atoms with E-state index < -0.39 is 0 Å². The second-order valence-corrected chi connectivity index (χ2v) is 3.57. The van der Waals surface area contributed by atoms with Crippen LogP contribution in [0.2, 0.25) is 0 Å². The predicted octanol–water partition coefficient (Wildman–Crippen LogP) is 2.34. The second kappa shape index (κ2) is 4.55. The van der Waals surface area contributed by atoms with Crippen molar-refractivity contribution in [1.82, 2.24) is 5.32 Å². The number of nitrogens with one attached hydrogen (secondary N) is 1. The van der Waals surface area contributed by atoms with Crippen molar-refractivity contribution in [2.45, 2.75) is 38.6 Å². The van der Waals surface area contributed by atoms with Gasteiger partial charge in [-0.2, -0.15) is 0 Å². The van der Waals surface area contributed by atoms with Gasteiger partial charge >= 0.3 is 0 Å². The molecule has 0 heterocycles. The average molecular weight is 153 g/mol. The molecule has 0 aromatic carbocycles. The molecule has 0 aromatic rings. The summed E-state index contributed by atoms with van der Waals surface area (Å²) in [5, 5.41) is 3.50. The Bertz CT molecular complexity index is 120. The summed E-state index contributed by atoms with van der Waals surface area (Å²) < 4.78 is 0. The van der Waals surface area contributed by atoms with Gasteiger partial charge in [-0.1, -0.05) is 25.8 Å². The Hall–Kier alpha value is -0.300. The molecule has 0 radical (unpaired) electrons. The molecule has 0 saturated heterocycles. The van der Waals surface area contributed by atoms with Crippen LogP contribution in [0.5, 0.6) is 0 Å². The van der Waals surface area contributed by atoms with Crippen LogP contribution in [0.3, 0.4) is 0 Å². The fraction of sp³-hybridized carbons (Fsp3) is 0.800. The summed E-state index contributed by atoms with van der Waals surface area (Å²) in [6.07, 6.45) is 7.53. The fourth-order valence-electron chi connectivity index (χ4n) is 1.85. The molecule has 1 heteroatoms. The van der Waals surface area contributed by atoms with Crippen LogP contribution in [-0.4, -0.2) is 12.6 Å². The Labute approximate surface area is 69.9 Å². The van der Waals surface area contributed by atoms with Crippen molar-refractivity contribution in [2.24, 2.45) is 5.92 Å². The topological polar surface area (TPSA) is 12.0 Å². The van der Waals surface area contributed by atoms with Gasteiger partial charge in [-0.25, -0.2) is 0 Å². The van der Waals surface area contributed by atoms with E-state index in [-0.39, 0.29) is 0 Å². The lowest BCUT2D eigenvalue weighted by Gasteiger charge is -2.29. The molecule has 0 aromatic heterocycles. The van der Waals surface area contributed by atoms with E-state index in [0.717, 1.165) is 18.5 Å². The van der Waals surface area contributed by atoms with Crippen LogP contribution in [0.1, 0.15) is 32.6 Å². The van der Waals surface area contributed by atoms with Crippen molar-refractivity contribution >= 4 is 0 Å². The Kier molecular flexibility index (Phi) is 3.64. The largest absolute Gasteiger partial charge is 0.310 e. The van der Waals surface area contributed by atoms with E-state index in [4.69, 9.17) is 0 Å². The Morgan fingerprint density at radius 2 is 2.18 bits per heavy atom. The molecular formula is C10H19N. The van der Waals surface area contributed by atoms with Crippen LogP contribution in [0.25, 0.3) is 0 Å². The lowest BCUT2D eigenvalue weighted by molar-refractivity contribution is 0.288. The number of hydrogen-bond acceptors (Lipinski definition) is 1. The maximum Gasteiger partial charge on any atom is 0.0134 e. The molecule has 1 rings (SSSR count). The zero-order chi connectivity index (χ0) is 8.10. The van der Waals surface area contributed by atoms with Crippen LogP contribution < -0.4 is 5.32 Å². The van der Waals surface area contributed by atoms with Gasteiger partial charge in [-0.3, -0.25) is 0 Å². The zero-order valence-corrected chi connectivity index (χ0v) is 7.47. The quantitative estimate of drug-likeness (QED) is 0.614. The van der Waals surface area contributed by atoms with E-state index in [1.54, 1.807) is 0 Å². The fourth-order valence-corrected chi connectivity index (χ4v) is 1.85. The van der Waals surface area contributed by atoms with Gasteiger partial charge in [0.25, 0.3) is 0 Å². The molecule has 0 unspecified atom stereocenters. The van der Waals surface area contributed by atoms with Crippen molar-refractivity contribution in [2.75, 3.05) is 6.54 Å². The second-order valence-electron chi connectivity index (χ2n) is 3.57. The Balaban J connectivity index is 2.23. The summed E-state index contributed by atoms with van der Waals surface area (Å²) in [6, 6.07) is 0.752.